The Morgan fingerprint density at radius 3 is 2.76 bits per heavy atom. The highest BCUT2D eigenvalue weighted by atomic mass is 79.9. The molecule has 0 bridgehead atoms. The van der Waals surface area contributed by atoms with Crippen molar-refractivity contribution in [2.75, 3.05) is 19.0 Å². The Labute approximate surface area is 174 Å². The summed E-state index contributed by atoms with van der Waals surface area (Å²) in [5, 5.41) is 4.28. The number of ether oxygens (including phenoxy) is 2. The first-order chi connectivity index (χ1) is 14.1. The molecule has 7 heteroatoms. The fourth-order valence-corrected chi connectivity index (χ4v) is 4.77. The van der Waals surface area contributed by atoms with Crippen molar-refractivity contribution in [3.05, 3.63) is 74.0 Å². The number of carbonyl (C=O) groups excluding carboxylic acids is 1. The molecule has 0 radical (unpaired) electrons. The zero-order valence-corrected chi connectivity index (χ0v) is 17.2. The number of halogens is 1. The smallest absolute Gasteiger partial charge is 0.360 e. The summed E-state index contributed by atoms with van der Waals surface area (Å²) < 4.78 is 17.3. The van der Waals surface area contributed by atoms with Gasteiger partial charge in [-0.1, -0.05) is 28.1 Å². The van der Waals surface area contributed by atoms with Crippen molar-refractivity contribution in [3.63, 3.8) is 0 Å². The van der Waals surface area contributed by atoms with Crippen molar-refractivity contribution in [1.29, 1.82) is 0 Å². The van der Waals surface area contributed by atoms with Crippen molar-refractivity contribution in [2.45, 2.75) is 18.6 Å². The van der Waals surface area contributed by atoms with Crippen LogP contribution in [0.2, 0.25) is 0 Å². The molecule has 0 amide bonds. The number of hydrogen-bond acceptors (Lipinski definition) is 6. The molecule has 1 saturated heterocycles. The third kappa shape index (κ3) is 2.96. The zero-order chi connectivity index (χ0) is 20.1. The highest BCUT2D eigenvalue weighted by molar-refractivity contribution is 9.10. The average Bonchev–Trinajstić information content (AvgIpc) is 3.23. The number of carbonyl (C=O) groups is 1. The van der Waals surface area contributed by atoms with Crippen LogP contribution < -0.4 is 10.9 Å². The summed E-state index contributed by atoms with van der Waals surface area (Å²) in [6, 6.07) is 12.8. The number of anilines is 1. The molecule has 5 rings (SSSR count). The monoisotopic (exact) mass is 455 g/mol. The van der Waals surface area contributed by atoms with E-state index in [0.717, 1.165) is 27.4 Å². The first kappa shape index (κ1) is 18.4. The Bertz CT molecular complexity index is 1170. The Balaban J connectivity index is 1.63. The molecule has 2 aliphatic rings. The third-order valence-corrected chi connectivity index (χ3v) is 6.24. The normalized spacial score (nSPS) is 22.6. The van der Waals surface area contributed by atoms with Gasteiger partial charge in [0.2, 0.25) is 0 Å². The second-order valence-electron chi connectivity index (χ2n) is 7.30. The number of esters is 1. The molecular formula is C22H18BrNO5. The molecule has 1 aromatic heterocycles. The number of nitrogens with one attached hydrogen (secondary N) is 1. The number of benzene rings is 2. The molecule has 0 unspecified atom stereocenters. The van der Waals surface area contributed by atoms with Crippen molar-refractivity contribution < 1.29 is 18.7 Å². The third-order valence-electron chi connectivity index (χ3n) is 5.75. The van der Waals surface area contributed by atoms with E-state index in [-0.39, 0.29) is 24.0 Å². The Kier molecular flexibility index (Phi) is 4.44. The lowest BCUT2D eigenvalue weighted by atomic mass is 9.80. The van der Waals surface area contributed by atoms with E-state index in [4.69, 9.17) is 13.9 Å². The highest BCUT2D eigenvalue weighted by Gasteiger charge is 2.43. The van der Waals surface area contributed by atoms with E-state index in [1.165, 1.54) is 7.11 Å². The number of hydrogen-bond donors (Lipinski definition) is 1. The Morgan fingerprint density at radius 1 is 1.21 bits per heavy atom. The SMILES string of the molecule is COC(=O)c1ccc([C@@H]2Nc3c(c4cc(Br)ccc4oc3=O)[C@H]3OCC[C@H]32)cc1. The quantitative estimate of drug-likeness (QED) is 0.449. The summed E-state index contributed by atoms with van der Waals surface area (Å²) in [5.41, 5.74) is 2.93. The molecule has 148 valence electrons. The second-order valence-corrected chi connectivity index (χ2v) is 8.21. The van der Waals surface area contributed by atoms with Crippen LogP contribution in [0.25, 0.3) is 11.0 Å². The minimum atomic E-state index is -0.403. The maximum absolute atomic E-state index is 12.8. The fraction of sp³-hybridized carbons (Fsp3) is 0.273. The van der Waals surface area contributed by atoms with Gasteiger partial charge in [-0.25, -0.2) is 9.59 Å². The molecule has 29 heavy (non-hydrogen) atoms. The minimum absolute atomic E-state index is 0.116. The van der Waals surface area contributed by atoms with Gasteiger partial charge in [0.1, 0.15) is 11.3 Å². The lowest BCUT2D eigenvalue weighted by Crippen LogP contribution is -2.32. The summed E-state index contributed by atoms with van der Waals surface area (Å²) in [5.74, 6) is -0.214. The first-order valence-electron chi connectivity index (χ1n) is 9.39. The van der Waals surface area contributed by atoms with Gasteiger partial charge in [-0.05, 0) is 42.3 Å². The van der Waals surface area contributed by atoms with Crippen LogP contribution >= 0.6 is 15.9 Å². The van der Waals surface area contributed by atoms with Gasteiger partial charge in [0, 0.05) is 27.9 Å². The van der Waals surface area contributed by atoms with Gasteiger partial charge in [0.25, 0.3) is 0 Å². The lowest BCUT2D eigenvalue weighted by Gasteiger charge is -2.36. The predicted octanol–water partition coefficient (Wildman–Crippen LogP) is 4.59. The highest BCUT2D eigenvalue weighted by Crippen LogP contribution is 2.51. The fourth-order valence-electron chi connectivity index (χ4n) is 4.41. The average molecular weight is 456 g/mol. The van der Waals surface area contributed by atoms with Crippen molar-refractivity contribution in [1.82, 2.24) is 0 Å². The first-order valence-corrected chi connectivity index (χ1v) is 10.2. The van der Waals surface area contributed by atoms with Crippen LogP contribution in [-0.2, 0) is 9.47 Å². The van der Waals surface area contributed by atoms with Crippen LogP contribution in [-0.4, -0.2) is 19.7 Å². The number of rotatable bonds is 2. The van der Waals surface area contributed by atoms with E-state index in [2.05, 4.69) is 21.2 Å². The van der Waals surface area contributed by atoms with Crippen LogP contribution in [0, 0.1) is 5.92 Å². The molecule has 0 spiro atoms. The molecule has 2 aromatic carbocycles. The van der Waals surface area contributed by atoms with Crippen LogP contribution in [0.3, 0.4) is 0 Å². The van der Waals surface area contributed by atoms with Gasteiger partial charge in [-0.2, -0.15) is 0 Å². The van der Waals surface area contributed by atoms with Crippen LogP contribution in [0.15, 0.2) is 56.1 Å². The summed E-state index contributed by atoms with van der Waals surface area (Å²) in [6.07, 6.45) is 0.674. The summed E-state index contributed by atoms with van der Waals surface area (Å²) in [7, 11) is 1.36. The van der Waals surface area contributed by atoms with Gasteiger partial charge in [-0.3, -0.25) is 0 Å². The number of methoxy groups -OCH3 is 1. The van der Waals surface area contributed by atoms with E-state index < -0.39 is 5.63 Å². The van der Waals surface area contributed by atoms with E-state index in [9.17, 15) is 9.59 Å². The molecule has 1 fully saturated rings. The topological polar surface area (TPSA) is 77.8 Å². The summed E-state index contributed by atoms with van der Waals surface area (Å²) in [4.78, 5) is 24.5. The Hall–Kier alpha value is -2.64. The molecule has 6 nitrogen and oxygen atoms in total. The standard InChI is InChI=1S/C22H18BrNO5/c1-27-21(25)12-4-2-11(3-5-12)18-14-8-9-28-20(14)17-15-10-13(23)6-7-16(15)29-22(26)19(17)24-18/h2-7,10,14,18,20,24H,8-9H2,1H3/t14-,18-,20-/m0/s1. The van der Waals surface area contributed by atoms with E-state index >= 15 is 0 Å². The lowest BCUT2D eigenvalue weighted by molar-refractivity contribution is 0.0600. The minimum Gasteiger partial charge on any atom is -0.465 e. The largest absolute Gasteiger partial charge is 0.465 e. The van der Waals surface area contributed by atoms with Crippen LogP contribution in [0.4, 0.5) is 5.69 Å². The van der Waals surface area contributed by atoms with Gasteiger partial charge in [-0.15, -0.1) is 0 Å². The summed E-state index contributed by atoms with van der Waals surface area (Å²) in [6.45, 7) is 0.628. The van der Waals surface area contributed by atoms with Crippen molar-refractivity contribution >= 4 is 38.6 Å². The molecule has 2 aliphatic heterocycles. The molecule has 0 aliphatic carbocycles. The molecule has 3 aromatic rings. The molecule has 3 heterocycles. The maximum atomic E-state index is 12.8. The van der Waals surface area contributed by atoms with Gasteiger partial charge in [0.05, 0.1) is 24.8 Å². The van der Waals surface area contributed by atoms with Crippen molar-refractivity contribution in [3.8, 4) is 0 Å². The second kappa shape index (κ2) is 7.00. The van der Waals surface area contributed by atoms with E-state index in [1.807, 2.05) is 24.3 Å². The molecular weight excluding hydrogens is 438 g/mol. The molecule has 1 N–H and O–H groups in total. The molecule has 0 saturated carbocycles. The van der Waals surface area contributed by atoms with Gasteiger partial charge < -0.3 is 19.2 Å². The van der Waals surface area contributed by atoms with Gasteiger partial charge >= 0.3 is 11.6 Å². The van der Waals surface area contributed by atoms with Crippen LogP contribution in [0.1, 0.15) is 40.1 Å². The van der Waals surface area contributed by atoms with Gasteiger partial charge in [0.15, 0.2) is 0 Å². The van der Waals surface area contributed by atoms with E-state index in [1.54, 1.807) is 18.2 Å². The maximum Gasteiger partial charge on any atom is 0.360 e. The number of fused-ring (bicyclic) bond motifs is 5. The summed E-state index contributed by atoms with van der Waals surface area (Å²) >= 11 is 3.51. The Morgan fingerprint density at radius 2 is 2.00 bits per heavy atom. The molecule has 3 atom stereocenters. The van der Waals surface area contributed by atoms with Crippen molar-refractivity contribution in [2.24, 2.45) is 5.92 Å². The van der Waals surface area contributed by atoms with Crippen LogP contribution in [0.5, 0.6) is 0 Å². The predicted molar refractivity (Wildman–Crippen MR) is 111 cm³/mol. The zero-order valence-electron chi connectivity index (χ0n) is 15.6. The van der Waals surface area contributed by atoms with E-state index in [0.29, 0.717) is 23.4 Å².